The van der Waals surface area contributed by atoms with Gasteiger partial charge < -0.3 is 10.2 Å². The lowest BCUT2D eigenvalue weighted by Crippen LogP contribution is -2.41. The average Bonchev–Trinajstić information content (AvgIpc) is 2.46. The van der Waals surface area contributed by atoms with Crippen molar-refractivity contribution >= 4 is 11.7 Å². The van der Waals surface area contributed by atoms with Gasteiger partial charge in [-0.1, -0.05) is 30.3 Å². The second-order valence-corrected chi connectivity index (χ2v) is 6.31. The highest BCUT2D eigenvalue weighted by Gasteiger charge is 2.17. The van der Waals surface area contributed by atoms with Crippen LogP contribution in [-0.4, -0.2) is 28.5 Å². The minimum absolute atomic E-state index is 0.190. The van der Waals surface area contributed by atoms with Crippen LogP contribution in [0.1, 0.15) is 36.8 Å². The summed E-state index contributed by atoms with van der Waals surface area (Å²) in [4.78, 5) is 22.5. The minimum Gasteiger partial charge on any atom is -0.355 e. The molecule has 0 aliphatic heterocycles. The summed E-state index contributed by atoms with van der Waals surface area (Å²) in [5.74, 6) is 0.530. The molecule has 0 spiro atoms. The molecule has 0 unspecified atom stereocenters. The molecule has 0 saturated carbocycles. The Morgan fingerprint density at radius 2 is 1.86 bits per heavy atom. The summed E-state index contributed by atoms with van der Waals surface area (Å²) in [6.07, 6.45) is 1.42. The fraction of sp³-hybridized carbons (Fsp3) is 0.353. The quantitative estimate of drug-likeness (QED) is 0.942. The lowest BCUT2D eigenvalue weighted by Gasteiger charge is -2.21. The van der Waals surface area contributed by atoms with E-state index in [4.69, 9.17) is 0 Å². The van der Waals surface area contributed by atoms with Gasteiger partial charge in [0.05, 0.1) is 0 Å². The summed E-state index contributed by atoms with van der Waals surface area (Å²) < 4.78 is 0. The van der Waals surface area contributed by atoms with Crippen LogP contribution in [0, 0.1) is 0 Å². The average molecular weight is 298 g/mol. The van der Waals surface area contributed by atoms with Crippen molar-refractivity contribution in [3.63, 3.8) is 0 Å². The number of hydrogen-bond acceptors (Lipinski definition) is 4. The topological polar surface area (TPSA) is 58.1 Å². The van der Waals surface area contributed by atoms with E-state index in [-0.39, 0.29) is 11.4 Å². The number of rotatable bonds is 4. The van der Waals surface area contributed by atoms with Crippen molar-refractivity contribution in [3.05, 3.63) is 54.0 Å². The number of amides is 1. The molecule has 2 aromatic rings. The SMILES string of the molecule is CN(Cc1ccccc1)c1cc(C(=O)NC(C)(C)C)ncn1. The van der Waals surface area contributed by atoms with Gasteiger partial charge in [-0.3, -0.25) is 4.79 Å². The van der Waals surface area contributed by atoms with Crippen LogP contribution in [-0.2, 0) is 6.54 Å². The lowest BCUT2D eigenvalue weighted by molar-refractivity contribution is 0.0914. The van der Waals surface area contributed by atoms with Gasteiger partial charge in [-0.05, 0) is 26.3 Å². The van der Waals surface area contributed by atoms with Gasteiger partial charge in [-0.2, -0.15) is 0 Å². The van der Waals surface area contributed by atoms with Gasteiger partial charge >= 0.3 is 0 Å². The third-order valence-electron chi connectivity index (χ3n) is 3.03. The number of hydrogen-bond donors (Lipinski definition) is 1. The van der Waals surface area contributed by atoms with E-state index in [9.17, 15) is 4.79 Å². The molecule has 1 aromatic heterocycles. The van der Waals surface area contributed by atoms with Crippen molar-refractivity contribution < 1.29 is 4.79 Å². The molecule has 0 aliphatic rings. The molecular weight excluding hydrogens is 276 g/mol. The van der Waals surface area contributed by atoms with Crippen molar-refractivity contribution in [3.8, 4) is 0 Å². The van der Waals surface area contributed by atoms with Gasteiger partial charge in [0.15, 0.2) is 0 Å². The summed E-state index contributed by atoms with van der Waals surface area (Å²) in [5.41, 5.74) is 1.27. The van der Waals surface area contributed by atoms with Crippen LogP contribution < -0.4 is 10.2 Å². The third-order valence-corrected chi connectivity index (χ3v) is 3.03. The number of anilines is 1. The minimum atomic E-state index is -0.294. The number of aromatic nitrogens is 2. The molecule has 0 radical (unpaired) electrons. The highest BCUT2D eigenvalue weighted by Crippen LogP contribution is 2.13. The summed E-state index contributed by atoms with van der Waals surface area (Å²) in [6, 6.07) is 11.8. The molecule has 1 N–H and O–H groups in total. The monoisotopic (exact) mass is 298 g/mol. The summed E-state index contributed by atoms with van der Waals surface area (Å²) >= 11 is 0. The first kappa shape index (κ1) is 15.9. The molecule has 116 valence electrons. The normalized spacial score (nSPS) is 11.1. The van der Waals surface area contributed by atoms with E-state index < -0.39 is 0 Å². The van der Waals surface area contributed by atoms with Gasteiger partial charge in [-0.15, -0.1) is 0 Å². The van der Waals surface area contributed by atoms with Crippen LogP contribution in [0.25, 0.3) is 0 Å². The van der Waals surface area contributed by atoms with E-state index in [1.54, 1.807) is 6.07 Å². The maximum Gasteiger partial charge on any atom is 0.270 e. The van der Waals surface area contributed by atoms with Crippen LogP contribution in [0.4, 0.5) is 5.82 Å². The second-order valence-electron chi connectivity index (χ2n) is 6.31. The number of nitrogens with zero attached hydrogens (tertiary/aromatic N) is 3. The molecule has 0 atom stereocenters. The van der Waals surface area contributed by atoms with Gasteiger partial charge in [0, 0.05) is 25.2 Å². The first-order valence-electron chi connectivity index (χ1n) is 7.25. The van der Waals surface area contributed by atoms with Crippen molar-refractivity contribution in [2.45, 2.75) is 32.9 Å². The largest absolute Gasteiger partial charge is 0.355 e. The molecule has 5 heteroatoms. The first-order valence-corrected chi connectivity index (χ1v) is 7.25. The summed E-state index contributed by atoms with van der Waals surface area (Å²) in [5, 5.41) is 2.90. The zero-order valence-corrected chi connectivity index (χ0v) is 13.5. The van der Waals surface area contributed by atoms with E-state index in [1.807, 2.05) is 50.9 Å². The zero-order valence-electron chi connectivity index (χ0n) is 13.5. The standard InChI is InChI=1S/C17H22N4O/c1-17(2,3)20-16(22)14-10-15(19-12-18-14)21(4)11-13-8-6-5-7-9-13/h5-10,12H,11H2,1-4H3,(H,20,22). The van der Waals surface area contributed by atoms with Crippen LogP contribution in [0.5, 0.6) is 0 Å². The number of benzene rings is 1. The number of carbonyl (C=O) groups excluding carboxylic acids is 1. The Kier molecular flexibility index (Phi) is 4.75. The predicted molar refractivity (Wildman–Crippen MR) is 87.8 cm³/mol. The van der Waals surface area contributed by atoms with Crippen LogP contribution >= 0.6 is 0 Å². The molecular formula is C17H22N4O. The third kappa shape index (κ3) is 4.55. The molecule has 2 rings (SSSR count). The zero-order chi connectivity index (χ0) is 16.2. The summed E-state index contributed by atoms with van der Waals surface area (Å²) in [7, 11) is 1.95. The lowest BCUT2D eigenvalue weighted by atomic mass is 10.1. The Morgan fingerprint density at radius 1 is 1.18 bits per heavy atom. The Hall–Kier alpha value is -2.43. The van der Waals surface area contributed by atoms with Crippen LogP contribution in [0.15, 0.2) is 42.7 Å². The Labute approximate surface area is 131 Å². The molecule has 0 bridgehead atoms. The molecule has 1 heterocycles. The maximum absolute atomic E-state index is 12.2. The van der Waals surface area contributed by atoms with E-state index in [0.717, 1.165) is 12.4 Å². The van der Waals surface area contributed by atoms with E-state index in [0.29, 0.717) is 5.69 Å². The highest BCUT2D eigenvalue weighted by atomic mass is 16.2. The smallest absolute Gasteiger partial charge is 0.270 e. The molecule has 0 saturated heterocycles. The van der Waals surface area contributed by atoms with Crippen molar-refractivity contribution in [1.82, 2.24) is 15.3 Å². The second kappa shape index (κ2) is 6.56. The van der Waals surface area contributed by atoms with Gasteiger partial charge in [0.2, 0.25) is 0 Å². The van der Waals surface area contributed by atoms with Crippen LogP contribution in [0.3, 0.4) is 0 Å². The first-order chi connectivity index (χ1) is 10.3. The number of carbonyl (C=O) groups is 1. The highest BCUT2D eigenvalue weighted by molar-refractivity contribution is 5.93. The molecule has 1 amide bonds. The van der Waals surface area contributed by atoms with Crippen LogP contribution in [0.2, 0.25) is 0 Å². The molecule has 1 aromatic carbocycles. The summed E-state index contributed by atoms with van der Waals surface area (Å²) in [6.45, 7) is 6.54. The van der Waals surface area contributed by atoms with Crippen molar-refractivity contribution in [1.29, 1.82) is 0 Å². The van der Waals surface area contributed by atoms with E-state index in [1.165, 1.54) is 11.9 Å². The Bertz CT molecular complexity index is 635. The van der Waals surface area contributed by atoms with Crippen molar-refractivity contribution in [2.24, 2.45) is 0 Å². The molecule has 0 fully saturated rings. The molecule has 5 nitrogen and oxygen atoms in total. The maximum atomic E-state index is 12.2. The fourth-order valence-electron chi connectivity index (χ4n) is 2.02. The van der Waals surface area contributed by atoms with Gasteiger partial charge in [-0.25, -0.2) is 9.97 Å². The fourth-order valence-corrected chi connectivity index (χ4v) is 2.02. The molecule has 22 heavy (non-hydrogen) atoms. The van der Waals surface area contributed by atoms with Crippen molar-refractivity contribution in [2.75, 3.05) is 11.9 Å². The predicted octanol–water partition coefficient (Wildman–Crippen LogP) is 2.64. The Morgan fingerprint density at radius 3 is 2.50 bits per heavy atom. The molecule has 0 aliphatic carbocycles. The van der Waals surface area contributed by atoms with E-state index >= 15 is 0 Å². The Balaban J connectivity index is 2.12. The number of nitrogens with one attached hydrogen (secondary N) is 1. The van der Waals surface area contributed by atoms with Gasteiger partial charge in [0.25, 0.3) is 5.91 Å². The van der Waals surface area contributed by atoms with Gasteiger partial charge in [0.1, 0.15) is 17.8 Å². The van der Waals surface area contributed by atoms with E-state index in [2.05, 4.69) is 27.4 Å².